The Labute approximate surface area is 131 Å². The van der Waals surface area contributed by atoms with Gasteiger partial charge >= 0.3 is 6.18 Å². The molecule has 0 aliphatic carbocycles. The van der Waals surface area contributed by atoms with Crippen molar-refractivity contribution in [2.24, 2.45) is 7.05 Å². The van der Waals surface area contributed by atoms with Crippen molar-refractivity contribution in [2.75, 3.05) is 6.54 Å². The number of aryl methyl sites for hydroxylation is 1. The minimum atomic E-state index is -4.34. The highest BCUT2D eigenvalue weighted by Crippen LogP contribution is 2.32. The van der Waals surface area contributed by atoms with Crippen LogP contribution in [-0.4, -0.2) is 37.6 Å². The normalized spacial score (nSPS) is 20.1. The van der Waals surface area contributed by atoms with E-state index in [-0.39, 0.29) is 17.8 Å². The highest BCUT2D eigenvalue weighted by Gasteiger charge is 2.33. The van der Waals surface area contributed by atoms with Gasteiger partial charge in [-0.1, -0.05) is 6.42 Å². The molecule has 0 aromatic carbocycles. The SMILES string of the molecule is Cn1nccc1CN1CCCC[C@@H]1c1nnc(CC(F)(F)F)o1. The summed E-state index contributed by atoms with van der Waals surface area (Å²) in [5, 5.41) is 11.5. The molecule has 1 atom stereocenters. The molecule has 0 radical (unpaired) electrons. The van der Waals surface area contributed by atoms with Gasteiger partial charge < -0.3 is 4.42 Å². The van der Waals surface area contributed by atoms with Crippen molar-refractivity contribution in [3.8, 4) is 0 Å². The second-order valence-electron chi connectivity index (χ2n) is 5.75. The van der Waals surface area contributed by atoms with Gasteiger partial charge in [0.15, 0.2) is 0 Å². The predicted molar refractivity (Wildman–Crippen MR) is 74.3 cm³/mol. The zero-order valence-electron chi connectivity index (χ0n) is 12.8. The molecular formula is C14H18F3N5O. The molecule has 0 spiro atoms. The molecule has 6 nitrogen and oxygen atoms in total. The lowest BCUT2D eigenvalue weighted by Crippen LogP contribution is -2.33. The van der Waals surface area contributed by atoms with Crippen molar-refractivity contribution in [3.05, 3.63) is 29.7 Å². The van der Waals surface area contributed by atoms with E-state index in [1.54, 1.807) is 10.9 Å². The van der Waals surface area contributed by atoms with Gasteiger partial charge in [0.25, 0.3) is 0 Å². The van der Waals surface area contributed by atoms with E-state index in [9.17, 15) is 13.2 Å². The predicted octanol–water partition coefficient (Wildman–Crippen LogP) is 2.64. The van der Waals surface area contributed by atoms with E-state index in [1.807, 2.05) is 13.1 Å². The number of hydrogen-bond donors (Lipinski definition) is 0. The second-order valence-corrected chi connectivity index (χ2v) is 5.75. The fraction of sp³-hybridized carbons (Fsp3) is 0.643. The number of alkyl halides is 3. The molecule has 0 bridgehead atoms. The van der Waals surface area contributed by atoms with Gasteiger partial charge in [0, 0.05) is 19.8 Å². The van der Waals surface area contributed by atoms with Crippen LogP contribution in [0.25, 0.3) is 0 Å². The Kier molecular flexibility index (Phi) is 4.38. The number of likely N-dealkylation sites (tertiary alicyclic amines) is 1. The number of halogens is 3. The molecule has 0 saturated carbocycles. The summed E-state index contributed by atoms with van der Waals surface area (Å²) in [4.78, 5) is 2.16. The van der Waals surface area contributed by atoms with E-state index in [2.05, 4.69) is 20.2 Å². The third-order valence-corrected chi connectivity index (χ3v) is 4.02. The van der Waals surface area contributed by atoms with Crippen LogP contribution in [0.2, 0.25) is 0 Å². The monoisotopic (exact) mass is 329 g/mol. The first-order chi connectivity index (χ1) is 10.9. The quantitative estimate of drug-likeness (QED) is 0.863. The maximum atomic E-state index is 12.4. The third kappa shape index (κ3) is 3.90. The molecule has 2 aromatic rings. The first-order valence-corrected chi connectivity index (χ1v) is 7.52. The smallest absolute Gasteiger partial charge is 0.397 e. The molecule has 0 unspecified atom stereocenters. The average molecular weight is 329 g/mol. The van der Waals surface area contributed by atoms with Crippen LogP contribution >= 0.6 is 0 Å². The summed E-state index contributed by atoms with van der Waals surface area (Å²) in [6.45, 7) is 1.49. The highest BCUT2D eigenvalue weighted by atomic mass is 19.4. The van der Waals surface area contributed by atoms with Gasteiger partial charge in [-0.05, 0) is 25.5 Å². The summed E-state index contributed by atoms with van der Waals surface area (Å²) in [5.41, 5.74) is 1.03. The average Bonchev–Trinajstić information content (AvgIpc) is 3.08. The molecule has 126 valence electrons. The second kappa shape index (κ2) is 6.31. The maximum absolute atomic E-state index is 12.4. The van der Waals surface area contributed by atoms with E-state index in [0.29, 0.717) is 6.54 Å². The van der Waals surface area contributed by atoms with Gasteiger partial charge in [-0.2, -0.15) is 18.3 Å². The summed E-state index contributed by atoms with van der Waals surface area (Å²) < 4.78 is 44.3. The van der Waals surface area contributed by atoms with Crippen molar-refractivity contribution < 1.29 is 17.6 Å². The standard InChI is InChI=1S/C14H18F3N5O/c1-21-10(5-6-18-21)9-22-7-3-2-4-11(22)13-20-19-12(23-13)8-14(15,16)17/h5-6,11H,2-4,7-9H2,1H3/t11-/m1/s1. The Morgan fingerprint density at radius 2 is 2.13 bits per heavy atom. The van der Waals surface area contributed by atoms with Crippen LogP contribution in [0.15, 0.2) is 16.7 Å². The molecule has 3 rings (SSSR count). The molecule has 2 aromatic heterocycles. The fourth-order valence-electron chi connectivity index (χ4n) is 2.87. The molecular weight excluding hydrogens is 311 g/mol. The van der Waals surface area contributed by atoms with Crippen LogP contribution in [0.5, 0.6) is 0 Å². The first kappa shape index (κ1) is 16.0. The summed E-state index contributed by atoms with van der Waals surface area (Å²) in [6, 6.07) is 1.78. The van der Waals surface area contributed by atoms with Gasteiger partial charge in [-0.25, -0.2) is 0 Å². The number of piperidine rings is 1. The zero-order chi connectivity index (χ0) is 16.4. The van der Waals surface area contributed by atoms with Gasteiger partial charge in [0.2, 0.25) is 11.8 Å². The third-order valence-electron chi connectivity index (χ3n) is 4.02. The van der Waals surface area contributed by atoms with Gasteiger partial charge in [-0.15, -0.1) is 10.2 Å². The topological polar surface area (TPSA) is 60.0 Å². The van der Waals surface area contributed by atoms with Crippen molar-refractivity contribution in [2.45, 2.75) is 44.4 Å². The van der Waals surface area contributed by atoms with Crippen LogP contribution in [0.4, 0.5) is 13.2 Å². The largest absolute Gasteiger partial charge is 0.423 e. The van der Waals surface area contributed by atoms with E-state index < -0.39 is 12.6 Å². The number of aromatic nitrogens is 4. The van der Waals surface area contributed by atoms with Crippen LogP contribution in [-0.2, 0) is 20.0 Å². The fourth-order valence-corrected chi connectivity index (χ4v) is 2.87. The molecule has 3 heterocycles. The van der Waals surface area contributed by atoms with Crippen molar-refractivity contribution >= 4 is 0 Å². The van der Waals surface area contributed by atoms with Crippen LogP contribution < -0.4 is 0 Å². The van der Waals surface area contributed by atoms with Crippen LogP contribution in [0.3, 0.4) is 0 Å². The Hall–Kier alpha value is -1.90. The number of nitrogens with zero attached hydrogens (tertiary/aromatic N) is 5. The lowest BCUT2D eigenvalue weighted by atomic mass is 10.0. The summed E-state index contributed by atoms with van der Waals surface area (Å²) in [6.07, 6.45) is -0.978. The lowest BCUT2D eigenvalue weighted by Gasteiger charge is -2.33. The molecule has 9 heteroatoms. The lowest BCUT2D eigenvalue weighted by molar-refractivity contribution is -0.131. The molecule has 0 amide bonds. The molecule has 1 saturated heterocycles. The minimum Gasteiger partial charge on any atom is -0.423 e. The maximum Gasteiger partial charge on any atom is 0.397 e. The van der Waals surface area contributed by atoms with E-state index >= 15 is 0 Å². The Morgan fingerprint density at radius 1 is 1.30 bits per heavy atom. The molecule has 1 aliphatic heterocycles. The molecule has 23 heavy (non-hydrogen) atoms. The Bertz CT molecular complexity index is 651. The van der Waals surface area contributed by atoms with Gasteiger partial charge in [0.1, 0.15) is 6.42 Å². The van der Waals surface area contributed by atoms with E-state index in [0.717, 1.165) is 31.5 Å². The minimum absolute atomic E-state index is 0.145. The molecule has 0 N–H and O–H groups in total. The highest BCUT2D eigenvalue weighted by molar-refractivity contribution is 5.02. The van der Waals surface area contributed by atoms with Crippen LogP contribution in [0, 0.1) is 0 Å². The summed E-state index contributed by atoms with van der Waals surface area (Å²) >= 11 is 0. The summed E-state index contributed by atoms with van der Waals surface area (Å²) in [5.74, 6) is -0.107. The first-order valence-electron chi connectivity index (χ1n) is 7.52. The van der Waals surface area contributed by atoms with Crippen molar-refractivity contribution in [3.63, 3.8) is 0 Å². The van der Waals surface area contributed by atoms with Crippen LogP contribution in [0.1, 0.15) is 42.8 Å². The van der Waals surface area contributed by atoms with E-state index in [4.69, 9.17) is 4.42 Å². The number of rotatable bonds is 4. The van der Waals surface area contributed by atoms with E-state index in [1.165, 1.54) is 0 Å². The van der Waals surface area contributed by atoms with Gasteiger partial charge in [-0.3, -0.25) is 9.58 Å². The van der Waals surface area contributed by atoms with Crippen molar-refractivity contribution in [1.29, 1.82) is 0 Å². The summed E-state index contributed by atoms with van der Waals surface area (Å²) in [7, 11) is 1.86. The van der Waals surface area contributed by atoms with Gasteiger partial charge in [0.05, 0.1) is 11.7 Å². The Morgan fingerprint density at radius 3 is 2.83 bits per heavy atom. The zero-order valence-corrected chi connectivity index (χ0v) is 12.8. The number of hydrogen-bond acceptors (Lipinski definition) is 5. The molecule has 1 fully saturated rings. The Balaban J connectivity index is 1.75. The molecule has 1 aliphatic rings. The van der Waals surface area contributed by atoms with Crippen molar-refractivity contribution in [1.82, 2.24) is 24.9 Å².